The van der Waals surface area contributed by atoms with Crippen molar-refractivity contribution in [2.75, 3.05) is 11.9 Å². The predicted octanol–water partition coefficient (Wildman–Crippen LogP) is 2.46. The molecule has 10 heteroatoms. The molecule has 0 bridgehead atoms. The third kappa shape index (κ3) is 2.82. The van der Waals surface area contributed by atoms with Crippen molar-refractivity contribution in [1.29, 1.82) is 0 Å². The lowest BCUT2D eigenvalue weighted by Crippen LogP contribution is -2.53. The molecule has 0 radical (unpaired) electrons. The molecule has 27 heavy (non-hydrogen) atoms. The topological polar surface area (TPSA) is 89.8 Å². The molecule has 0 saturated heterocycles. The van der Waals surface area contributed by atoms with Gasteiger partial charge in [-0.3, -0.25) is 4.99 Å². The van der Waals surface area contributed by atoms with E-state index in [1.54, 1.807) is 29.2 Å². The lowest BCUT2D eigenvalue weighted by Gasteiger charge is -2.37. The van der Waals surface area contributed by atoms with Gasteiger partial charge in [0.05, 0.1) is 6.61 Å². The zero-order valence-electron chi connectivity index (χ0n) is 13.9. The SMILES string of the molecule is N[C@H]1OCC=N[C@@]1(c1cc(Nc2nccn3ccnc23)ccc1F)C(F)F. The van der Waals surface area contributed by atoms with Crippen LogP contribution in [-0.2, 0) is 10.3 Å². The van der Waals surface area contributed by atoms with Gasteiger partial charge >= 0.3 is 0 Å². The van der Waals surface area contributed by atoms with Crippen LogP contribution in [0.4, 0.5) is 24.7 Å². The van der Waals surface area contributed by atoms with Crippen LogP contribution in [0.1, 0.15) is 5.56 Å². The summed E-state index contributed by atoms with van der Waals surface area (Å²) in [5.74, 6) is -0.468. The van der Waals surface area contributed by atoms with E-state index in [2.05, 4.69) is 20.3 Å². The number of nitrogens with one attached hydrogen (secondary N) is 1. The predicted molar refractivity (Wildman–Crippen MR) is 92.8 cm³/mol. The molecule has 4 rings (SSSR count). The number of hydrogen-bond donors (Lipinski definition) is 2. The number of nitrogens with two attached hydrogens (primary N) is 1. The molecule has 2 aromatic heterocycles. The molecule has 3 aromatic rings. The van der Waals surface area contributed by atoms with Crippen molar-refractivity contribution in [1.82, 2.24) is 14.4 Å². The molecule has 0 amide bonds. The van der Waals surface area contributed by atoms with Crippen molar-refractivity contribution in [3.05, 3.63) is 54.4 Å². The summed E-state index contributed by atoms with van der Waals surface area (Å²) in [7, 11) is 0. The fraction of sp³-hybridized carbons (Fsp3) is 0.235. The Kier molecular flexibility index (Phi) is 4.28. The molecule has 0 saturated carbocycles. The summed E-state index contributed by atoms with van der Waals surface area (Å²) in [6, 6.07) is 3.72. The molecule has 3 N–H and O–H groups in total. The second-order valence-corrected chi connectivity index (χ2v) is 5.95. The van der Waals surface area contributed by atoms with Crippen molar-refractivity contribution in [2.24, 2.45) is 10.7 Å². The molecule has 2 atom stereocenters. The normalized spacial score (nSPS) is 22.5. The molecule has 1 aliphatic heterocycles. The van der Waals surface area contributed by atoms with E-state index in [0.717, 1.165) is 6.07 Å². The van der Waals surface area contributed by atoms with E-state index in [9.17, 15) is 13.2 Å². The molecule has 0 unspecified atom stereocenters. The smallest absolute Gasteiger partial charge is 0.271 e. The minimum Gasteiger partial charge on any atom is -0.355 e. The van der Waals surface area contributed by atoms with E-state index in [1.807, 2.05) is 0 Å². The Morgan fingerprint density at radius 2 is 2.04 bits per heavy atom. The molecule has 1 aliphatic rings. The zero-order chi connectivity index (χ0) is 19.0. The number of alkyl halides is 2. The van der Waals surface area contributed by atoms with Gasteiger partial charge in [-0.1, -0.05) is 0 Å². The van der Waals surface area contributed by atoms with Gasteiger partial charge in [0.2, 0.25) is 0 Å². The largest absolute Gasteiger partial charge is 0.355 e. The van der Waals surface area contributed by atoms with Gasteiger partial charge in [-0.2, -0.15) is 0 Å². The zero-order valence-corrected chi connectivity index (χ0v) is 13.9. The quantitative estimate of drug-likeness (QED) is 0.730. The standard InChI is InChI=1S/C17H15F3N6O/c18-12-2-1-10(25-13-14-23-4-7-26(14)6-3-22-13)9-11(12)17(15(19)20)16(21)27-8-5-24-17/h1-7,9,15-16H,8,21H2,(H,22,25)/t16-,17-/m0/s1. The molecule has 3 heterocycles. The number of aromatic nitrogens is 3. The lowest BCUT2D eigenvalue weighted by molar-refractivity contribution is -0.0663. The Morgan fingerprint density at radius 3 is 2.78 bits per heavy atom. The van der Waals surface area contributed by atoms with Crippen LogP contribution in [0.3, 0.4) is 0 Å². The molecular weight excluding hydrogens is 361 g/mol. The molecule has 0 spiro atoms. The summed E-state index contributed by atoms with van der Waals surface area (Å²) >= 11 is 0. The number of aliphatic imine (C=N–C) groups is 1. The Labute approximate surface area is 151 Å². The van der Waals surface area contributed by atoms with Gasteiger partial charge in [0, 0.05) is 42.3 Å². The summed E-state index contributed by atoms with van der Waals surface area (Å²) in [6.07, 6.45) is 3.21. The van der Waals surface area contributed by atoms with E-state index >= 15 is 0 Å². The number of rotatable bonds is 4. The third-order valence-electron chi connectivity index (χ3n) is 4.39. The highest BCUT2D eigenvalue weighted by Gasteiger charge is 2.51. The highest BCUT2D eigenvalue weighted by Crippen LogP contribution is 2.40. The van der Waals surface area contributed by atoms with Crippen molar-refractivity contribution < 1.29 is 17.9 Å². The van der Waals surface area contributed by atoms with Crippen molar-refractivity contribution in [2.45, 2.75) is 18.2 Å². The van der Waals surface area contributed by atoms with Crippen LogP contribution in [0.5, 0.6) is 0 Å². The summed E-state index contributed by atoms with van der Waals surface area (Å²) in [5, 5.41) is 2.97. The average Bonchev–Trinajstić information content (AvgIpc) is 3.14. The molecule has 140 valence electrons. The minimum absolute atomic E-state index is 0.0129. The maximum atomic E-state index is 14.5. The van der Waals surface area contributed by atoms with Crippen LogP contribution in [-0.4, -0.2) is 39.8 Å². The first-order valence-corrected chi connectivity index (χ1v) is 8.06. The first kappa shape index (κ1) is 17.4. The fourth-order valence-corrected chi connectivity index (χ4v) is 3.05. The van der Waals surface area contributed by atoms with Crippen LogP contribution >= 0.6 is 0 Å². The van der Waals surface area contributed by atoms with Gasteiger partial charge in [0.25, 0.3) is 6.43 Å². The van der Waals surface area contributed by atoms with Gasteiger partial charge in [-0.25, -0.2) is 23.1 Å². The van der Waals surface area contributed by atoms with Crippen LogP contribution < -0.4 is 11.1 Å². The Hall–Kier alpha value is -2.98. The van der Waals surface area contributed by atoms with E-state index in [0.29, 0.717) is 17.2 Å². The third-order valence-corrected chi connectivity index (χ3v) is 4.39. The number of fused-ring (bicyclic) bond motifs is 1. The van der Waals surface area contributed by atoms with E-state index in [-0.39, 0.29) is 12.2 Å². The number of imidazole rings is 1. The maximum absolute atomic E-state index is 14.5. The monoisotopic (exact) mass is 376 g/mol. The highest BCUT2D eigenvalue weighted by atomic mass is 19.3. The summed E-state index contributed by atoms with van der Waals surface area (Å²) in [6.45, 7) is -0.0129. The van der Waals surface area contributed by atoms with E-state index in [1.165, 1.54) is 18.3 Å². The highest BCUT2D eigenvalue weighted by molar-refractivity contribution is 5.70. The van der Waals surface area contributed by atoms with E-state index in [4.69, 9.17) is 10.5 Å². The van der Waals surface area contributed by atoms with Crippen LogP contribution in [0, 0.1) is 5.82 Å². The molecular formula is C17H15F3N6O. The number of hydrogen-bond acceptors (Lipinski definition) is 6. The van der Waals surface area contributed by atoms with Gasteiger partial charge in [-0.15, -0.1) is 0 Å². The molecule has 0 aliphatic carbocycles. The second kappa shape index (κ2) is 6.63. The summed E-state index contributed by atoms with van der Waals surface area (Å²) in [4.78, 5) is 12.2. The van der Waals surface area contributed by atoms with Gasteiger partial charge < -0.3 is 20.2 Å². The number of halogens is 3. The summed E-state index contributed by atoms with van der Waals surface area (Å²) in [5.41, 5.74) is 3.93. The van der Waals surface area contributed by atoms with Crippen molar-refractivity contribution in [3.8, 4) is 0 Å². The summed E-state index contributed by atoms with van der Waals surface area (Å²) < 4.78 is 49.2. The number of anilines is 2. The van der Waals surface area contributed by atoms with Crippen LogP contribution in [0.2, 0.25) is 0 Å². The van der Waals surface area contributed by atoms with Gasteiger partial charge in [0.15, 0.2) is 17.0 Å². The Balaban J connectivity index is 1.79. The van der Waals surface area contributed by atoms with Gasteiger partial charge in [0.1, 0.15) is 12.0 Å². The number of nitrogens with zero attached hydrogens (tertiary/aromatic N) is 4. The van der Waals surface area contributed by atoms with Crippen LogP contribution in [0.25, 0.3) is 5.65 Å². The molecule has 0 fully saturated rings. The second-order valence-electron chi connectivity index (χ2n) is 5.95. The van der Waals surface area contributed by atoms with Crippen molar-refractivity contribution in [3.63, 3.8) is 0 Å². The average molecular weight is 376 g/mol. The first-order chi connectivity index (χ1) is 13.0. The number of benzene rings is 1. The Bertz CT molecular complexity index is 1010. The first-order valence-electron chi connectivity index (χ1n) is 8.06. The van der Waals surface area contributed by atoms with Crippen molar-refractivity contribution >= 4 is 23.4 Å². The minimum atomic E-state index is -3.07. The van der Waals surface area contributed by atoms with Gasteiger partial charge in [-0.05, 0) is 18.2 Å². The fourth-order valence-electron chi connectivity index (χ4n) is 3.05. The molecule has 1 aromatic carbocycles. The van der Waals surface area contributed by atoms with E-state index < -0.39 is 24.0 Å². The molecule has 7 nitrogen and oxygen atoms in total. The lowest BCUT2D eigenvalue weighted by atomic mass is 9.87. The Morgan fingerprint density at radius 1 is 1.26 bits per heavy atom. The van der Waals surface area contributed by atoms with Crippen LogP contribution in [0.15, 0.2) is 48.0 Å². The maximum Gasteiger partial charge on any atom is 0.271 e. The number of ether oxygens (including phenoxy) is 1.